The number of hydrogen-bond donors (Lipinski definition) is 2. The van der Waals surface area contributed by atoms with Crippen LogP contribution in [0.4, 0.5) is 5.82 Å². The van der Waals surface area contributed by atoms with Gasteiger partial charge in [0.15, 0.2) is 5.82 Å². The maximum atomic E-state index is 11.9. The third-order valence-electron chi connectivity index (χ3n) is 2.49. The standard InChI is InChI=1S/C10H15N5OS/c11-9-10(14-2-1-13-9)17-7-8(16)15-5-3-12-4-6-15/h1-2,12H,3-7H2,(H2,11,13). The molecule has 0 radical (unpaired) electrons. The fraction of sp³-hybridized carbons (Fsp3) is 0.500. The molecule has 2 heterocycles. The van der Waals surface area contributed by atoms with Gasteiger partial charge in [0.05, 0.1) is 5.75 Å². The number of piperazine rings is 1. The number of hydrogen-bond acceptors (Lipinski definition) is 6. The molecule has 17 heavy (non-hydrogen) atoms. The summed E-state index contributed by atoms with van der Waals surface area (Å²) in [5.74, 6) is 0.871. The number of rotatable bonds is 3. The lowest BCUT2D eigenvalue weighted by Crippen LogP contribution is -2.47. The van der Waals surface area contributed by atoms with Crippen LogP contribution in [0, 0.1) is 0 Å². The summed E-state index contributed by atoms with van der Waals surface area (Å²) in [5.41, 5.74) is 5.66. The van der Waals surface area contributed by atoms with E-state index >= 15 is 0 Å². The highest BCUT2D eigenvalue weighted by Gasteiger charge is 2.16. The van der Waals surface area contributed by atoms with Gasteiger partial charge in [-0.05, 0) is 0 Å². The average Bonchev–Trinajstić information content (AvgIpc) is 2.38. The fourth-order valence-corrected chi connectivity index (χ4v) is 2.36. The van der Waals surface area contributed by atoms with E-state index in [0.717, 1.165) is 26.2 Å². The molecule has 92 valence electrons. The van der Waals surface area contributed by atoms with Crippen molar-refractivity contribution in [1.82, 2.24) is 20.2 Å². The second-order valence-electron chi connectivity index (χ2n) is 3.67. The predicted molar refractivity (Wildman–Crippen MR) is 66.6 cm³/mol. The van der Waals surface area contributed by atoms with Gasteiger partial charge in [0.25, 0.3) is 0 Å². The van der Waals surface area contributed by atoms with Crippen molar-refractivity contribution in [2.45, 2.75) is 5.03 Å². The van der Waals surface area contributed by atoms with Crippen molar-refractivity contribution < 1.29 is 4.79 Å². The molecule has 0 aromatic carbocycles. The molecule has 0 unspecified atom stereocenters. The van der Waals surface area contributed by atoms with Crippen LogP contribution in [0.15, 0.2) is 17.4 Å². The second kappa shape index (κ2) is 5.83. The molecule has 1 aromatic heterocycles. The molecule has 1 aliphatic rings. The van der Waals surface area contributed by atoms with Crippen molar-refractivity contribution in [2.75, 3.05) is 37.7 Å². The van der Waals surface area contributed by atoms with Gasteiger partial charge in [-0.15, -0.1) is 0 Å². The van der Waals surface area contributed by atoms with Gasteiger partial charge in [0.2, 0.25) is 5.91 Å². The minimum atomic E-state index is 0.126. The van der Waals surface area contributed by atoms with Gasteiger partial charge >= 0.3 is 0 Å². The molecular formula is C10H15N5OS. The van der Waals surface area contributed by atoms with Crippen LogP contribution in [0.5, 0.6) is 0 Å². The van der Waals surface area contributed by atoms with Crippen LogP contribution in [-0.4, -0.2) is 52.7 Å². The lowest BCUT2D eigenvalue weighted by atomic mass is 10.3. The first kappa shape index (κ1) is 12.1. The zero-order chi connectivity index (χ0) is 12.1. The number of carbonyl (C=O) groups is 1. The normalized spacial score (nSPS) is 15.9. The molecule has 0 spiro atoms. The molecule has 1 saturated heterocycles. The predicted octanol–water partition coefficient (Wildman–Crippen LogP) is -0.417. The molecule has 1 aromatic rings. The van der Waals surface area contributed by atoms with E-state index in [9.17, 15) is 4.79 Å². The van der Waals surface area contributed by atoms with E-state index in [1.54, 1.807) is 6.20 Å². The molecule has 1 fully saturated rings. The Morgan fingerprint density at radius 1 is 1.41 bits per heavy atom. The van der Waals surface area contributed by atoms with E-state index in [4.69, 9.17) is 5.73 Å². The maximum absolute atomic E-state index is 11.9. The van der Waals surface area contributed by atoms with Crippen LogP contribution in [0.1, 0.15) is 0 Å². The lowest BCUT2D eigenvalue weighted by molar-refractivity contribution is -0.128. The van der Waals surface area contributed by atoms with E-state index in [1.807, 2.05) is 4.90 Å². The van der Waals surface area contributed by atoms with Crippen LogP contribution >= 0.6 is 11.8 Å². The highest BCUT2D eigenvalue weighted by Crippen LogP contribution is 2.19. The van der Waals surface area contributed by atoms with Crippen LogP contribution in [0.3, 0.4) is 0 Å². The van der Waals surface area contributed by atoms with E-state index in [-0.39, 0.29) is 5.91 Å². The highest BCUT2D eigenvalue weighted by atomic mass is 32.2. The lowest BCUT2D eigenvalue weighted by Gasteiger charge is -2.27. The number of nitrogen functional groups attached to an aromatic ring is 1. The number of nitrogens with zero attached hydrogens (tertiary/aromatic N) is 3. The Hall–Kier alpha value is -1.34. The molecule has 3 N–H and O–H groups in total. The number of amides is 1. The molecule has 6 nitrogen and oxygen atoms in total. The van der Waals surface area contributed by atoms with Crippen molar-refractivity contribution in [3.8, 4) is 0 Å². The van der Waals surface area contributed by atoms with Crippen molar-refractivity contribution in [2.24, 2.45) is 0 Å². The first-order chi connectivity index (χ1) is 8.27. The number of aromatic nitrogens is 2. The van der Waals surface area contributed by atoms with Crippen LogP contribution in [-0.2, 0) is 4.79 Å². The summed E-state index contributed by atoms with van der Waals surface area (Å²) >= 11 is 1.34. The van der Waals surface area contributed by atoms with Gasteiger partial charge < -0.3 is 16.0 Å². The molecular weight excluding hydrogens is 238 g/mol. The number of nitrogens with one attached hydrogen (secondary N) is 1. The van der Waals surface area contributed by atoms with Gasteiger partial charge in [-0.3, -0.25) is 4.79 Å². The Morgan fingerprint density at radius 2 is 2.12 bits per heavy atom. The topological polar surface area (TPSA) is 84.1 Å². The summed E-state index contributed by atoms with van der Waals surface area (Å²) in [6.45, 7) is 3.28. The zero-order valence-electron chi connectivity index (χ0n) is 9.43. The van der Waals surface area contributed by atoms with Gasteiger partial charge in [-0.2, -0.15) is 0 Å². The first-order valence-corrected chi connectivity index (χ1v) is 6.43. The summed E-state index contributed by atoms with van der Waals surface area (Å²) in [6.07, 6.45) is 3.12. The van der Waals surface area contributed by atoms with Crippen LogP contribution < -0.4 is 11.1 Å². The van der Waals surface area contributed by atoms with E-state index < -0.39 is 0 Å². The Labute approximate surface area is 104 Å². The van der Waals surface area contributed by atoms with Crippen LogP contribution in [0.25, 0.3) is 0 Å². The highest BCUT2D eigenvalue weighted by molar-refractivity contribution is 8.00. The average molecular weight is 253 g/mol. The second-order valence-corrected chi connectivity index (χ2v) is 4.63. The Kier molecular flexibility index (Phi) is 4.16. The Bertz CT molecular complexity index is 394. The minimum Gasteiger partial charge on any atom is -0.381 e. The van der Waals surface area contributed by atoms with E-state index in [1.165, 1.54) is 18.0 Å². The molecule has 2 rings (SSSR count). The van der Waals surface area contributed by atoms with E-state index in [0.29, 0.717) is 16.6 Å². The fourth-order valence-electron chi connectivity index (χ4n) is 1.58. The summed E-state index contributed by atoms with van der Waals surface area (Å²) in [7, 11) is 0. The Morgan fingerprint density at radius 3 is 2.82 bits per heavy atom. The molecule has 0 atom stereocenters. The van der Waals surface area contributed by atoms with Crippen molar-refractivity contribution in [1.29, 1.82) is 0 Å². The van der Waals surface area contributed by atoms with Crippen molar-refractivity contribution in [3.05, 3.63) is 12.4 Å². The smallest absolute Gasteiger partial charge is 0.233 e. The third-order valence-corrected chi connectivity index (χ3v) is 3.47. The van der Waals surface area contributed by atoms with Crippen LogP contribution in [0.2, 0.25) is 0 Å². The molecule has 1 amide bonds. The largest absolute Gasteiger partial charge is 0.381 e. The Balaban J connectivity index is 1.85. The van der Waals surface area contributed by atoms with Crippen molar-refractivity contribution in [3.63, 3.8) is 0 Å². The summed E-state index contributed by atoms with van der Waals surface area (Å²) in [6, 6.07) is 0. The van der Waals surface area contributed by atoms with Crippen molar-refractivity contribution >= 4 is 23.5 Å². The number of anilines is 1. The number of thioether (sulfide) groups is 1. The van der Waals surface area contributed by atoms with Gasteiger partial charge in [0.1, 0.15) is 5.03 Å². The van der Waals surface area contributed by atoms with Gasteiger partial charge in [-0.25, -0.2) is 9.97 Å². The summed E-state index contributed by atoms with van der Waals surface area (Å²) in [4.78, 5) is 21.7. The minimum absolute atomic E-state index is 0.126. The monoisotopic (exact) mass is 253 g/mol. The number of carbonyl (C=O) groups excluding carboxylic acids is 1. The summed E-state index contributed by atoms with van der Waals surface area (Å²) < 4.78 is 0. The third kappa shape index (κ3) is 3.31. The maximum Gasteiger partial charge on any atom is 0.233 e. The number of nitrogens with two attached hydrogens (primary N) is 1. The quantitative estimate of drug-likeness (QED) is 0.712. The van der Waals surface area contributed by atoms with Gasteiger partial charge in [0, 0.05) is 38.6 Å². The molecule has 1 aliphatic heterocycles. The summed E-state index contributed by atoms with van der Waals surface area (Å²) in [5, 5.41) is 3.83. The molecule has 7 heteroatoms. The first-order valence-electron chi connectivity index (χ1n) is 5.45. The molecule has 0 bridgehead atoms. The van der Waals surface area contributed by atoms with Gasteiger partial charge in [-0.1, -0.05) is 11.8 Å². The van der Waals surface area contributed by atoms with E-state index in [2.05, 4.69) is 15.3 Å². The SMILES string of the molecule is Nc1nccnc1SCC(=O)N1CCNCC1. The zero-order valence-corrected chi connectivity index (χ0v) is 10.2. The molecule has 0 saturated carbocycles. The molecule has 0 aliphatic carbocycles.